The van der Waals surface area contributed by atoms with Crippen LogP contribution in [0.2, 0.25) is 0 Å². The highest BCUT2D eigenvalue weighted by atomic mass is 32.2. The molecule has 0 aromatic heterocycles. The van der Waals surface area contributed by atoms with Crippen LogP contribution >= 0.6 is 0 Å². The average molecular weight is 436 g/mol. The van der Waals surface area contributed by atoms with E-state index in [1.807, 2.05) is 0 Å². The van der Waals surface area contributed by atoms with E-state index in [4.69, 9.17) is 4.74 Å². The number of rotatable bonds is 6. The first-order valence-corrected chi connectivity index (χ1v) is 11.5. The largest absolute Gasteiger partial charge is 0.481 e. The van der Waals surface area contributed by atoms with E-state index >= 15 is 0 Å². The van der Waals surface area contributed by atoms with Crippen molar-refractivity contribution in [3.05, 3.63) is 54.3 Å². The summed E-state index contributed by atoms with van der Waals surface area (Å²) in [5, 5.41) is 0. The Balaban J connectivity index is 1.54. The Hall–Kier alpha value is -2.81. The molecule has 0 radical (unpaired) electrons. The summed E-state index contributed by atoms with van der Waals surface area (Å²) in [6.07, 6.45) is 0.467. The predicted molar refractivity (Wildman–Crippen MR) is 115 cm³/mol. The molecule has 0 unspecified atom stereocenters. The lowest BCUT2D eigenvalue weighted by atomic mass is 10.2. The Kier molecular flexibility index (Phi) is 6.50. The fraction of sp³-hybridized carbons (Fsp3) is 0.381. The molecule has 0 bridgehead atoms. The molecule has 1 fully saturated rings. The van der Waals surface area contributed by atoms with Gasteiger partial charge in [-0.2, -0.15) is 0 Å². The van der Waals surface area contributed by atoms with Gasteiger partial charge in [-0.05, 0) is 55.5 Å². The van der Waals surface area contributed by atoms with Crippen LogP contribution in [-0.4, -0.2) is 64.8 Å². The smallest absolute Gasteiger partial charge is 0.263 e. The number of halogens is 1. The van der Waals surface area contributed by atoms with Crippen LogP contribution in [0.15, 0.2) is 48.5 Å². The molecule has 0 aliphatic carbocycles. The van der Waals surface area contributed by atoms with E-state index in [1.165, 1.54) is 23.5 Å². The minimum absolute atomic E-state index is 0.105. The first-order chi connectivity index (χ1) is 14.1. The molecule has 7 nitrogen and oxygen atoms in total. The maximum absolute atomic E-state index is 13.1. The van der Waals surface area contributed by atoms with E-state index in [0.29, 0.717) is 37.6 Å². The van der Waals surface area contributed by atoms with E-state index < -0.39 is 16.1 Å². The number of nitrogens with zero attached hydrogens (tertiary/aromatic N) is 3. The van der Waals surface area contributed by atoms with E-state index in [9.17, 15) is 17.6 Å². The Morgan fingerprint density at radius 2 is 1.60 bits per heavy atom. The standard InChI is InChI=1S/C21H26FN3O4S/c1-16(29-20-10-8-18(9-11-20)23(2)30(3,27)28)21(26)25-14-12-24(13-15-25)19-6-4-17(22)5-7-19/h4-11,16H,12-15H2,1-3H3/t16-/m0/s1. The number of hydrogen-bond acceptors (Lipinski definition) is 5. The SMILES string of the molecule is C[C@H](Oc1ccc(N(C)S(C)(=O)=O)cc1)C(=O)N1CCN(c2ccc(F)cc2)CC1. The van der Waals surface area contributed by atoms with Gasteiger partial charge in [-0.15, -0.1) is 0 Å². The molecule has 1 atom stereocenters. The van der Waals surface area contributed by atoms with Crippen LogP contribution in [0, 0.1) is 5.82 Å². The van der Waals surface area contributed by atoms with Crippen LogP contribution in [0.25, 0.3) is 0 Å². The first-order valence-electron chi connectivity index (χ1n) is 9.65. The molecule has 1 saturated heterocycles. The minimum Gasteiger partial charge on any atom is -0.481 e. The maximum atomic E-state index is 13.1. The topological polar surface area (TPSA) is 70.2 Å². The van der Waals surface area contributed by atoms with Gasteiger partial charge in [0.1, 0.15) is 11.6 Å². The van der Waals surface area contributed by atoms with Crippen LogP contribution < -0.4 is 13.9 Å². The van der Waals surface area contributed by atoms with Crippen molar-refractivity contribution in [2.75, 3.05) is 48.7 Å². The molecule has 1 aliphatic rings. The molecular weight excluding hydrogens is 409 g/mol. The van der Waals surface area contributed by atoms with E-state index in [-0.39, 0.29) is 11.7 Å². The predicted octanol–water partition coefficient (Wildman–Crippen LogP) is 2.34. The number of carbonyl (C=O) groups excluding carboxylic acids is 1. The van der Waals surface area contributed by atoms with E-state index in [2.05, 4.69) is 4.90 Å². The molecule has 9 heteroatoms. The summed E-state index contributed by atoms with van der Waals surface area (Å²) in [7, 11) is -1.86. The van der Waals surface area contributed by atoms with Gasteiger partial charge in [0.15, 0.2) is 6.10 Å². The third-order valence-electron chi connectivity index (χ3n) is 5.14. The quantitative estimate of drug-likeness (QED) is 0.697. The fourth-order valence-electron chi connectivity index (χ4n) is 3.27. The summed E-state index contributed by atoms with van der Waals surface area (Å²) in [6.45, 7) is 4.14. The van der Waals surface area contributed by atoms with E-state index in [0.717, 1.165) is 11.9 Å². The molecule has 1 aliphatic heterocycles. The Morgan fingerprint density at radius 1 is 1.03 bits per heavy atom. The zero-order chi connectivity index (χ0) is 21.9. The van der Waals surface area contributed by atoms with Gasteiger partial charge in [0.2, 0.25) is 10.0 Å². The minimum atomic E-state index is -3.34. The maximum Gasteiger partial charge on any atom is 0.263 e. The zero-order valence-electron chi connectivity index (χ0n) is 17.3. The lowest BCUT2D eigenvalue weighted by Gasteiger charge is -2.37. The Labute approximate surface area is 176 Å². The molecule has 1 heterocycles. The number of piperazine rings is 1. The van der Waals surface area contributed by atoms with Crippen molar-refractivity contribution in [2.45, 2.75) is 13.0 Å². The summed E-state index contributed by atoms with van der Waals surface area (Å²) in [6, 6.07) is 12.9. The van der Waals surface area contributed by atoms with Crippen LogP contribution in [0.1, 0.15) is 6.92 Å². The summed E-state index contributed by atoms with van der Waals surface area (Å²) >= 11 is 0. The number of hydrogen-bond donors (Lipinski definition) is 0. The van der Waals surface area contributed by atoms with Gasteiger partial charge in [0, 0.05) is 38.9 Å². The van der Waals surface area contributed by atoms with Crippen molar-refractivity contribution in [3.8, 4) is 5.75 Å². The second kappa shape index (κ2) is 8.91. The number of ether oxygens (including phenoxy) is 1. The van der Waals surface area contributed by atoms with Gasteiger partial charge in [-0.1, -0.05) is 0 Å². The lowest BCUT2D eigenvalue weighted by Crippen LogP contribution is -2.52. The van der Waals surface area contributed by atoms with Crippen molar-refractivity contribution in [3.63, 3.8) is 0 Å². The molecule has 162 valence electrons. The number of anilines is 2. The molecular formula is C21H26FN3O4S. The fourth-order valence-corrected chi connectivity index (χ4v) is 3.78. The Bertz CT molecular complexity index is 972. The summed E-state index contributed by atoms with van der Waals surface area (Å²) < 4.78 is 43.2. The van der Waals surface area contributed by atoms with Gasteiger partial charge < -0.3 is 14.5 Å². The molecule has 0 spiro atoms. The molecule has 2 aromatic carbocycles. The van der Waals surface area contributed by atoms with Crippen molar-refractivity contribution in [1.82, 2.24) is 4.90 Å². The third kappa shape index (κ3) is 5.21. The molecule has 0 N–H and O–H groups in total. The van der Waals surface area contributed by atoms with Gasteiger partial charge in [0.25, 0.3) is 5.91 Å². The number of sulfonamides is 1. The molecule has 3 rings (SSSR count). The van der Waals surface area contributed by atoms with Crippen molar-refractivity contribution < 1.29 is 22.3 Å². The molecule has 0 saturated carbocycles. The van der Waals surface area contributed by atoms with Crippen LogP contribution in [0.5, 0.6) is 5.75 Å². The second-order valence-corrected chi connectivity index (χ2v) is 9.29. The summed E-state index contributed by atoms with van der Waals surface area (Å²) in [5.74, 6) is 0.118. The first kappa shape index (κ1) is 21.9. The van der Waals surface area contributed by atoms with Gasteiger partial charge >= 0.3 is 0 Å². The monoisotopic (exact) mass is 435 g/mol. The third-order valence-corrected chi connectivity index (χ3v) is 6.35. The van der Waals surface area contributed by atoms with Crippen LogP contribution in [0.4, 0.5) is 15.8 Å². The van der Waals surface area contributed by atoms with Crippen molar-refractivity contribution in [1.29, 1.82) is 0 Å². The van der Waals surface area contributed by atoms with Gasteiger partial charge in [0.05, 0.1) is 11.9 Å². The van der Waals surface area contributed by atoms with Crippen molar-refractivity contribution in [2.24, 2.45) is 0 Å². The second-order valence-electron chi connectivity index (χ2n) is 7.27. The molecule has 30 heavy (non-hydrogen) atoms. The summed E-state index contributed by atoms with van der Waals surface area (Å²) in [5.41, 5.74) is 1.45. The highest BCUT2D eigenvalue weighted by Gasteiger charge is 2.26. The number of carbonyl (C=O) groups is 1. The Morgan fingerprint density at radius 3 is 2.13 bits per heavy atom. The number of amides is 1. The normalized spacial score (nSPS) is 15.6. The van der Waals surface area contributed by atoms with Gasteiger partial charge in [-0.25, -0.2) is 12.8 Å². The van der Waals surface area contributed by atoms with E-state index in [1.54, 1.807) is 48.2 Å². The summed E-state index contributed by atoms with van der Waals surface area (Å²) in [4.78, 5) is 16.6. The molecule has 1 amide bonds. The van der Waals surface area contributed by atoms with Crippen molar-refractivity contribution >= 4 is 27.3 Å². The lowest BCUT2D eigenvalue weighted by molar-refractivity contribution is -0.138. The van der Waals surface area contributed by atoms with Crippen LogP contribution in [-0.2, 0) is 14.8 Å². The average Bonchev–Trinajstić information content (AvgIpc) is 2.73. The highest BCUT2D eigenvalue weighted by Crippen LogP contribution is 2.22. The number of benzene rings is 2. The van der Waals surface area contributed by atoms with Crippen LogP contribution in [0.3, 0.4) is 0 Å². The van der Waals surface area contributed by atoms with Gasteiger partial charge in [-0.3, -0.25) is 9.10 Å². The highest BCUT2D eigenvalue weighted by molar-refractivity contribution is 7.92. The molecule has 2 aromatic rings. The zero-order valence-corrected chi connectivity index (χ0v) is 18.1.